The molecule has 0 saturated carbocycles. The molecule has 0 radical (unpaired) electrons. The smallest absolute Gasteiger partial charge is 0.270 e. The monoisotopic (exact) mass is 344 g/mol. The van der Waals surface area contributed by atoms with Gasteiger partial charge in [0.1, 0.15) is 0 Å². The van der Waals surface area contributed by atoms with E-state index < -0.39 is 0 Å². The van der Waals surface area contributed by atoms with Crippen LogP contribution < -0.4 is 5.32 Å². The summed E-state index contributed by atoms with van der Waals surface area (Å²) in [5, 5.41) is 14.0. The predicted molar refractivity (Wildman–Crippen MR) is 82.8 cm³/mol. The van der Waals surface area contributed by atoms with E-state index in [1.807, 2.05) is 6.07 Å². The zero-order valence-corrected chi connectivity index (χ0v) is 13.5. The Morgan fingerprint density at radius 3 is 2.80 bits per heavy atom. The topological polar surface area (TPSA) is 64.4 Å². The van der Waals surface area contributed by atoms with Crippen molar-refractivity contribution in [2.75, 3.05) is 19.8 Å². The van der Waals surface area contributed by atoms with Crippen LogP contribution >= 0.6 is 15.9 Å². The Bertz CT molecular complexity index is 438. The molecular weight excluding hydrogens is 324 g/mol. The second-order valence-corrected chi connectivity index (χ2v) is 5.99. The summed E-state index contributed by atoms with van der Waals surface area (Å²) in [6.45, 7) is 7.22. The lowest BCUT2D eigenvalue weighted by atomic mass is 10.2. The Morgan fingerprint density at radius 2 is 2.15 bits per heavy atom. The van der Waals surface area contributed by atoms with Crippen LogP contribution in [0.25, 0.3) is 0 Å². The standard InChI is InChI=1S/C14H21BrN2O3/c1-11(2)10-20-5-3-4-16-9-12-6-13(15)8-14(7-12)17(18)19/h6-8,11,16H,3-5,9-10H2,1-2H3. The van der Waals surface area contributed by atoms with Crippen molar-refractivity contribution in [3.05, 3.63) is 38.3 Å². The number of nitro groups is 1. The summed E-state index contributed by atoms with van der Waals surface area (Å²) in [7, 11) is 0. The molecule has 0 aliphatic heterocycles. The Labute approximate surface area is 128 Å². The molecule has 1 aromatic rings. The van der Waals surface area contributed by atoms with Gasteiger partial charge in [0.05, 0.1) is 4.92 Å². The summed E-state index contributed by atoms with van der Waals surface area (Å²) in [5.74, 6) is 0.560. The summed E-state index contributed by atoms with van der Waals surface area (Å²) < 4.78 is 6.21. The molecule has 0 heterocycles. The fourth-order valence-electron chi connectivity index (χ4n) is 1.69. The largest absolute Gasteiger partial charge is 0.381 e. The Hall–Kier alpha value is -0.980. The van der Waals surface area contributed by atoms with Crippen molar-refractivity contribution in [3.8, 4) is 0 Å². The molecule has 0 aromatic heterocycles. The molecule has 6 heteroatoms. The van der Waals surface area contributed by atoms with Crippen molar-refractivity contribution in [1.82, 2.24) is 5.32 Å². The zero-order chi connectivity index (χ0) is 15.0. The van der Waals surface area contributed by atoms with Crippen LogP contribution in [0.1, 0.15) is 25.8 Å². The summed E-state index contributed by atoms with van der Waals surface area (Å²) >= 11 is 3.29. The van der Waals surface area contributed by atoms with Gasteiger partial charge >= 0.3 is 0 Å². The molecule has 0 aliphatic carbocycles. The van der Waals surface area contributed by atoms with Gasteiger partial charge in [-0.1, -0.05) is 29.8 Å². The van der Waals surface area contributed by atoms with Gasteiger partial charge < -0.3 is 10.1 Å². The minimum absolute atomic E-state index is 0.108. The highest BCUT2D eigenvalue weighted by molar-refractivity contribution is 9.10. The molecule has 0 spiro atoms. The average Bonchev–Trinajstić information content (AvgIpc) is 2.36. The highest BCUT2D eigenvalue weighted by atomic mass is 79.9. The van der Waals surface area contributed by atoms with Gasteiger partial charge in [0, 0.05) is 36.4 Å². The van der Waals surface area contributed by atoms with E-state index in [1.54, 1.807) is 6.07 Å². The van der Waals surface area contributed by atoms with Crippen LogP contribution in [-0.4, -0.2) is 24.7 Å². The minimum Gasteiger partial charge on any atom is -0.381 e. The molecule has 0 aliphatic rings. The second-order valence-electron chi connectivity index (χ2n) is 5.07. The van der Waals surface area contributed by atoms with Gasteiger partial charge in [-0.15, -0.1) is 0 Å². The predicted octanol–water partition coefficient (Wildman–Crippen LogP) is 3.51. The Balaban J connectivity index is 2.27. The van der Waals surface area contributed by atoms with Crippen LogP contribution in [0.4, 0.5) is 5.69 Å². The lowest BCUT2D eigenvalue weighted by Gasteiger charge is -2.08. The van der Waals surface area contributed by atoms with Crippen LogP contribution in [0.3, 0.4) is 0 Å². The number of rotatable bonds is 9. The number of nitrogens with zero attached hydrogens (tertiary/aromatic N) is 1. The van der Waals surface area contributed by atoms with Crippen LogP contribution in [0.5, 0.6) is 0 Å². The van der Waals surface area contributed by atoms with E-state index in [0.29, 0.717) is 12.5 Å². The SMILES string of the molecule is CC(C)COCCCNCc1cc(Br)cc([N+](=O)[O-])c1. The molecule has 1 aromatic carbocycles. The molecule has 0 bridgehead atoms. The van der Waals surface area contributed by atoms with E-state index in [1.165, 1.54) is 6.07 Å². The lowest BCUT2D eigenvalue weighted by Crippen LogP contribution is -2.17. The van der Waals surface area contributed by atoms with Crippen LogP contribution in [0, 0.1) is 16.0 Å². The van der Waals surface area contributed by atoms with Crippen LogP contribution in [0.2, 0.25) is 0 Å². The molecule has 112 valence electrons. The first-order valence-electron chi connectivity index (χ1n) is 6.71. The summed E-state index contributed by atoms with van der Waals surface area (Å²) in [5.41, 5.74) is 1.01. The lowest BCUT2D eigenvalue weighted by molar-refractivity contribution is -0.385. The maximum absolute atomic E-state index is 10.8. The third-order valence-electron chi connectivity index (χ3n) is 2.58. The van der Waals surface area contributed by atoms with Crippen molar-refractivity contribution < 1.29 is 9.66 Å². The van der Waals surface area contributed by atoms with Crippen molar-refractivity contribution in [3.63, 3.8) is 0 Å². The van der Waals surface area contributed by atoms with Crippen molar-refractivity contribution in [2.24, 2.45) is 5.92 Å². The molecule has 20 heavy (non-hydrogen) atoms. The highest BCUT2D eigenvalue weighted by Crippen LogP contribution is 2.21. The summed E-state index contributed by atoms with van der Waals surface area (Å²) in [6, 6.07) is 4.98. The van der Waals surface area contributed by atoms with Gasteiger partial charge in [0.15, 0.2) is 0 Å². The van der Waals surface area contributed by atoms with E-state index >= 15 is 0 Å². The first kappa shape index (κ1) is 17.1. The van der Waals surface area contributed by atoms with Crippen molar-refractivity contribution >= 4 is 21.6 Å². The number of ether oxygens (including phenoxy) is 1. The van der Waals surface area contributed by atoms with Gasteiger partial charge in [0.25, 0.3) is 5.69 Å². The first-order chi connectivity index (χ1) is 9.49. The Kier molecular flexibility index (Phi) is 7.72. The molecule has 1 rings (SSSR count). The third kappa shape index (κ3) is 6.98. The number of nitro benzene ring substituents is 1. The fraction of sp³-hybridized carbons (Fsp3) is 0.571. The maximum atomic E-state index is 10.8. The number of hydrogen-bond donors (Lipinski definition) is 1. The van der Waals surface area contributed by atoms with Gasteiger partial charge in [-0.3, -0.25) is 10.1 Å². The van der Waals surface area contributed by atoms with E-state index in [4.69, 9.17) is 4.74 Å². The van der Waals surface area contributed by atoms with E-state index in [0.717, 1.165) is 36.2 Å². The highest BCUT2D eigenvalue weighted by Gasteiger charge is 2.08. The van der Waals surface area contributed by atoms with Gasteiger partial charge in [-0.25, -0.2) is 0 Å². The van der Waals surface area contributed by atoms with Crippen molar-refractivity contribution in [2.45, 2.75) is 26.8 Å². The number of nitrogens with one attached hydrogen (secondary N) is 1. The molecule has 0 amide bonds. The van der Waals surface area contributed by atoms with Gasteiger partial charge in [-0.2, -0.15) is 0 Å². The fourth-order valence-corrected chi connectivity index (χ4v) is 2.22. The third-order valence-corrected chi connectivity index (χ3v) is 3.03. The number of non-ortho nitro benzene ring substituents is 1. The van der Waals surface area contributed by atoms with Crippen LogP contribution in [0.15, 0.2) is 22.7 Å². The molecule has 1 N–H and O–H groups in total. The van der Waals surface area contributed by atoms with Crippen LogP contribution in [-0.2, 0) is 11.3 Å². The second kappa shape index (κ2) is 9.05. The van der Waals surface area contributed by atoms with Gasteiger partial charge in [-0.05, 0) is 30.5 Å². The number of halogens is 1. The molecule has 0 atom stereocenters. The number of hydrogen-bond acceptors (Lipinski definition) is 4. The minimum atomic E-state index is -0.381. The van der Waals surface area contributed by atoms with E-state index in [9.17, 15) is 10.1 Å². The normalized spacial score (nSPS) is 11.0. The summed E-state index contributed by atoms with van der Waals surface area (Å²) in [6.07, 6.45) is 0.933. The molecule has 0 unspecified atom stereocenters. The molecular formula is C14H21BrN2O3. The molecule has 5 nitrogen and oxygen atoms in total. The first-order valence-corrected chi connectivity index (χ1v) is 7.50. The maximum Gasteiger partial charge on any atom is 0.270 e. The molecule has 0 fully saturated rings. The van der Waals surface area contributed by atoms with Gasteiger partial charge in [0.2, 0.25) is 0 Å². The average molecular weight is 345 g/mol. The summed E-state index contributed by atoms with van der Waals surface area (Å²) in [4.78, 5) is 10.4. The zero-order valence-electron chi connectivity index (χ0n) is 11.9. The number of benzene rings is 1. The molecule has 0 saturated heterocycles. The quantitative estimate of drug-likeness (QED) is 0.423. The Morgan fingerprint density at radius 1 is 1.40 bits per heavy atom. The van der Waals surface area contributed by atoms with E-state index in [2.05, 4.69) is 35.1 Å². The van der Waals surface area contributed by atoms with E-state index in [-0.39, 0.29) is 10.6 Å². The van der Waals surface area contributed by atoms with Crippen molar-refractivity contribution in [1.29, 1.82) is 0 Å².